The van der Waals surface area contributed by atoms with E-state index in [0.29, 0.717) is 6.61 Å². The standard InChI is InChI=1S/C24H25FN4O4.C2HF3O2/c1-23-11-24(12-23,13-32-23)17-10-29-9-16(27-21(30)15-7-4-8-26-22(15)31-2)19(18(25)20(29)28-17)33-14-5-3-6-14;3-2(4,5)1(6)7/h4,7-10,14H,3,5-6,11-13H2,1-2H3,(H,27,30);(H,6,7). The number of rotatable bonds is 6. The molecule has 0 spiro atoms. The number of hydrogen-bond donors (Lipinski definition) is 2. The highest BCUT2D eigenvalue weighted by Gasteiger charge is 2.61. The number of ether oxygens (including phenoxy) is 3. The number of aromatic nitrogens is 3. The van der Waals surface area contributed by atoms with Crippen LogP contribution in [0.4, 0.5) is 23.2 Å². The Balaban J connectivity index is 0.000000411. The van der Waals surface area contributed by atoms with E-state index in [1.54, 1.807) is 22.7 Å². The molecule has 3 aromatic rings. The molecule has 4 fully saturated rings. The minimum Gasteiger partial charge on any atom is -0.485 e. The molecule has 2 saturated heterocycles. The number of anilines is 1. The molecule has 2 N–H and O–H groups in total. The number of nitrogens with one attached hydrogen (secondary N) is 1. The van der Waals surface area contributed by atoms with Crippen molar-refractivity contribution in [2.45, 2.75) is 62.3 Å². The molecule has 10 nitrogen and oxygen atoms in total. The van der Waals surface area contributed by atoms with E-state index in [0.717, 1.165) is 37.8 Å². The van der Waals surface area contributed by atoms with Gasteiger partial charge in [-0.3, -0.25) is 4.79 Å². The van der Waals surface area contributed by atoms with Crippen molar-refractivity contribution in [3.8, 4) is 11.6 Å². The number of carboxylic acids is 1. The maximum atomic E-state index is 15.7. The number of fused-ring (bicyclic) bond motifs is 2. The molecule has 0 unspecified atom stereocenters. The molecule has 2 bridgehead atoms. The van der Waals surface area contributed by atoms with Gasteiger partial charge in [-0.15, -0.1) is 0 Å². The van der Waals surface area contributed by atoms with E-state index in [-0.39, 0.29) is 45.6 Å². The smallest absolute Gasteiger partial charge is 0.485 e. The Kier molecular flexibility index (Phi) is 6.84. The van der Waals surface area contributed by atoms with Gasteiger partial charge in [0.05, 0.1) is 31.1 Å². The number of carbonyl (C=O) groups is 2. The molecule has 3 aromatic heterocycles. The Hall–Kier alpha value is -3.94. The second-order valence-corrected chi connectivity index (χ2v) is 10.4. The molecule has 7 rings (SSSR count). The maximum absolute atomic E-state index is 15.7. The summed E-state index contributed by atoms with van der Waals surface area (Å²) in [5, 5.41) is 9.92. The Morgan fingerprint density at radius 1 is 1.25 bits per heavy atom. The maximum Gasteiger partial charge on any atom is 0.490 e. The molecular formula is C26H26F4N4O6. The summed E-state index contributed by atoms with van der Waals surface area (Å²) in [6.45, 7) is 2.68. The van der Waals surface area contributed by atoms with Crippen LogP contribution in [0.2, 0.25) is 0 Å². The van der Waals surface area contributed by atoms with Gasteiger partial charge in [-0.25, -0.2) is 14.8 Å². The van der Waals surface area contributed by atoms with E-state index in [4.69, 9.17) is 24.1 Å². The molecule has 2 aliphatic heterocycles. The van der Waals surface area contributed by atoms with Crippen molar-refractivity contribution in [3.63, 3.8) is 0 Å². The highest BCUT2D eigenvalue weighted by atomic mass is 19.4. The highest BCUT2D eigenvalue weighted by molar-refractivity contribution is 6.06. The van der Waals surface area contributed by atoms with Gasteiger partial charge < -0.3 is 29.0 Å². The molecule has 1 amide bonds. The van der Waals surface area contributed by atoms with Crippen LogP contribution in [0.25, 0.3) is 5.65 Å². The highest BCUT2D eigenvalue weighted by Crippen LogP contribution is 2.58. The number of carboxylic acid groups (broad SMARTS) is 1. The Morgan fingerprint density at radius 3 is 2.50 bits per heavy atom. The van der Waals surface area contributed by atoms with Gasteiger partial charge in [0.2, 0.25) is 11.7 Å². The number of amides is 1. The fourth-order valence-electron chi connectivity index (χ4n) is 5.25. The van der Waals surface area contributed by atoms with Crippen LogP contribution in [0.15, 0.2) is 30.7 Å². The second-order valence-electron chi connectivity index (χ2n) is 10.4. The summed E-state index contributed by atoms with van der Waals surface area (Å²) < 4.78 is 66.2. The van der Waals surface area contributed by atoms with Gasteiger partial charge in [0, 0.05) is 24.0 Å². The third-order valence-corrected chi connectivity index (χ3v) is 7.34. The summed E-state index contributed by atoms with van der Waals surface area (Å²) in [7, 11) is 1.45. The van der Waals surface area contributed by atoms with E-state index in [1.807, 2.05) is 6.20 Å². The average Bonchev–Trinajstić information content (AvgIpc) is 3.54. The minimum atomic E-state index is -5.08. The number of methoxy groups -OCH3 is 1. The van der Waals surface area contributed by atoms with Gasteiger partial charge in [-0.1, -0.05) is 0 Å². The normalized spacial score (nSPS) is 23.4. The Bertz CT molecular complexity index is 1460. The molecular weight excluding hydrogens is 540 g/mol. The van der Waals surface area contributed by atoms with Crippen LogP contribution < -0.4 is 14.8 Å². The van der Waals surface area contributed by atoms with Gasteiger partial charge in [0.1, 0.15) is 11.3 Å². The van der Waals surface area contributed by atoms with Crippen LogP contribution >= 0.6 is 0 Å². The lowest BCUT2D eigenvalue weighted by Crippen LogP contribution is -2.45. The second kappa shape index (κ2) is 9.91. The molecule has 5 heterocycles. The van der Waals surface area contributed by atoms with Gasteiger partial charge in [0.25, 0.3) is 5.91 Å². The molecule has 4 aliphatic rings. The molecule has 14 heteroatoms. The van der Waals surface area contributed by atoms with Crippen molar-refractivity contribution in [1.82, 2.24) is 14.4 Å². The number of imidazole rings is 1. The van der Waals surface area contributed by atoms with Crippen LogP contribution in [0.1, 0.15) is 55.1 Å². The van der Waals surface area contributed by atoms with Crippen molar-refractivity contribution < 1.29 is 46.5 Å². The summed E-state index contributed by atoms with van der Waals surface area (Å²) in [6.07, 6.45) is 4.38. The summed E-state index contributed by atoms with van der Waals surface area (Å²) in [6, 6.07) is 3.25. The van der Waals surface area contributed by atoms with Crippen molar-refractivity contribution in [1.29, 1.82) is 0 Å². The van der Waals surface area contributed by atoms with Crippen molar-refractivity contribution in [3.05, 3.63) is 47.8 Å². The molecule has 2 saturated carbocycles. The van der Waals surface area contributed by atoms with Crippen LogP contribution in [0.5, 0.6) is 11.6 Å². The summed E-state index contributed by atoms with van der Waals surface area (Å²) >= 11 is 0. The molecule has 0 aromatic carbocycles. The molecule has 2 aliphatic carbocycles. The number of nitrogens with zero attached hydrogens (tertiary/aromatic N) is 3. The first-order valence-corrected chi connectivity index (χ1v) is 12.5. The topological polar surface area (TPSA) is 124 Å². The zero-order chi connectivity index (χ0) is 28.9. The monoisotopic (exact) mass is 566 g/mol. The van der Waals surface area contributed by atoms with Crippen LogP contribution in [-0.2, 0) is 14.9 Å². The molecule has 0 radical (unpaired) electrons. The summed E-state index contributed by atoms with van der Waals surface area (Å²) in [5.74, 6) is -3.60. The fourth-order valence-corrected chi connectivity index (χ4v) is 5.25. The average molecular weight is 567 g/mol. The number of carbonyl (C=O) groups excluding carboxylic acids is 1. The SMILES string of the molecule is COc1ncccc1C(=O)Nc1cn2cc(C34COC(C)(C3)C4)nc2c(F)c1OC1CCC1.O=C(O)C(F)(F)F. The van der Waals surface area contributed by atoms with Crippen LogP contribution in [0, 0.1) is 5.82 Å². The lowest BCUT2D eigenvalue weighted by atomic mass is 9.62. The molecule has 214 valence electrons. The predicted octanol–water partition coefficient (Wildman–Crippen LogP) is 4.51. The Labute approximate surface area is 225 Å². The minimum absolute atomic E-state index is 0.0131. The Morgan fingerprint density at radius 2 is 1.95 bits per heavy atom. The van der Waals surface area contributed by atoms with Crippen molar-refractivity contribution in [2.75, 3.05) is 19.0 Å². The van der Waals surface area contributed by atoms with Gasteiger partial charge in [-0.2, -0.15) is 17.6 Å². The molecule has 0 atom stereocenters. The lowest BCUT2D eigenvalue weighted by molar-refractivity contribution is -0.192. The van der Waals surface area contributed by atoms with Crippen molar-refractivity contribution in [2.24, 2.45) is 0 Å². The number of hydrogen-bond acceptors (Lipinski definition) is 7. The van der Waals surface area contributed by atoms with Gasteiger partial charge in [-0.05, 0) is 51.2 Å². The van der Waals surface area contributed by atoms with E-state index in [9.17, 15) is 18.0 Å². The first-order chi connectivity index (χ1) is 18.8. The lowest BCUT2D eigenvalue weighted by Gasteiger charge is -2.41. The van der Waals surface area contributed by atoms with Crippen molar-refractivity contribution >= 4 is 23.2 Å². The van der Waals surface area contributed by atoms with E-state index < -0.39 is 23.9 Å². The van der Waals surface area contributed by atoms with E-state index in [1.165, 1.54) is 13.3 Å². The quantitative estimate of drug-likeness (QED) is 0.418. The van der Waals surface area contributed by atoms with Gasteiger partial charge >= 0.3 is 12.1 Å². The number of aliphatic carboxylic acids is 1. The summed E-state index contributed by atoms with van der Waals surface area (Å²) in [5.41, 5.74) is 1.21. The fraction of sp³-hybridized carbons (Fsp3) is 0.462. The van der Waals surface area contributed by atoms with E-state index >= 15 is 4.39 Å². The van der Waals surface area contributed by atoms with Crippen LogP contribution in [-0.4, -0.2) is 62.9 Å². The number of alkyl halides is 3. The first-order valence-electron chi connectivity index (χ1n) is 12.5. The third-order valence-electron chi connectivity index (χ3n) is 7.34. The zero-order valence-electron chi connectivity index (χ0n) is 21.5. The first kappa shape index (κ1) is 27.6. The largest absolute Gasteiger partial charge is 0.490 e. The third kappa shape index (κ3) is 5.03. The molecule has 40 heavy (non-hydrogen) atoms. The predicted molar refractivity (Wildman–Crippen MR) is 131 cm³/mol. The number of halogens is 4. The summed E-state index contributed by atoms with van der Waals surface area (Å²) in [4.78, 5) is 30.6. The zero-order valence-corrected chi connectivity index (χ0v) is 21.5. The number of pyridine rings is 2. The van der Waals surface area contributed by atoms with Crippen LogP contribution in [0.3, 0.4) is 0 Å². The van der Waals surface area contributed by atoms with E-state index in [2.05, 4.69) is 22.2 Å². The van der Waals surface area contributed by atoms with Gasteiger partial charge in [0.15, 0.2) is 11.4 Å².